The molecule has 15 nitrogen and oxygen atoms in total. The highest BCUT2D eigenvalue weighted by molar-refractivity contribution is 7.85. The predicted molar refractivity (Wildman–Crippen MR) is 190 cm³/mol. The molecule has 3 aromatic carbocycles. The lowest BCUT2D eigenvalue weighted by atomic mass is 10.2. The average Bonchev–Trinajstić information content (AvgIpc) is 3.85. The van der Waals surface area contributed by atoms with Crippen LogP contribution in [0.5, 0.6) is 0 Å². The van der Waals surface area contributed by atoms with Crippen LogP contribution in [0.1, 0.15) is 41.5 Å². The summed E-state index contributed by atoms with van der Waals surface area (Å²) < 4.78 is 80.9. The zero-order valence-corrected chi connectivity index (χ0v) is 30.8. The number of alkyl halides is 3. The van der Waals surface area contributed by atoms with Crippen molar-refractivity contribution in [2.75, 3.05) is 21.1 Å². The maximum Gasteiger partial charge on any atom is 0.416 e. The van der Waals surface area contributed by atoms with Gasteiger partial charge in [0.15, 0.2) is 0 Å². The normalized spacial score (nSPS) is 12.4. The molecular weight excluding hydrogens is 744 g/mol. The molecule has 0 aliphatic rings. The first-order chi connectivity index (χ1) is 25.8. The second-order valence-corrected chi connectivity index (χ2v) is 14.5. The van der Waals surface area contributed by atoms with E-state index >= 15 is 0 Å². The Balaban J connectivity index is 0.000000504. The second kappa shape index (κ2) is 15.5. The van der Waals surface area contributed by atoms with E-state index in [1.54, 1.807) is 43.3 Å². The van der Waals surface area contributed by atoms with Crippen LogP contribution in [0.2, 0.25) is 0 Å². The van der Waals surface area contributed by atoms with E-state index in [1.807, 2.05) is 27.2 Å². The Labute approximate surface area is 312 Å². The lowest BCUT2D eigenvalue weighted by Crippen LogP contribution is -2.38. The molecule has 55 heavy (non-hydrogen) atoms. The van der Waals surface area contributed by atoms with Gasteiger partial charge in [0.1, 0.15) is 28.4 Å². The maximum absolute atomic E-state index is 14.0. The number of halogens is 3. The number of nitriles is 1. The van der Waals surface area contributed by atoms with Gasteiger partial charge in [0, 0.05) is 0 Å². The van der Waals surface area contributed by atoms with Crippen molar-refractivity contribution in [2.24, 2.45) is 0 Å². The van der Waals surface area contributed by atoms with E-state index < -0.39 is 39.6 Å². The van der Waals surface area contributed by atoms with Gasteiger partial charge >= 0.3 is 17.9 Å². The summed E-state index contributed by atoms with van der Waals surface area (Å²) in [6, 6.07) is 19.8. The highest BCUT2D eigenvalue weighted by Gasteiger charge is 2.32. The van der Waals surface area contributed by atoms with E-state index in [0.717, 1.165) is 21.3 Å². The molecule has 0 aliphatic carbocycles. The molecule has 19 heteroatoms. The molecule has 3 heterocycles. The molecule has 0 bridgehead atoms. The smallest absolute Gasteiger partial charge is 0.416 e. The fraction of sp³-hybridized carbons (Fsp3) is 0.222. The van der Waals surface area contributed by atoms with Crippen molar-refractivity contribution < 1.29 is 39.9 Å². The van der Waals surface area contributed by atoms with Crippen molar-refractivity contribution >= 4 is 16.1 Å². The Kier molecular flexibility index (Phi) is 11.3. The van der Waals surface area contributed by atoms with Gasteiger partial charge in [0.2, 0.25) is 11.7 Å². The molecule has 1 atom stereocenters. The van der Waals surface area contributed by atoms with Crippen molar-refractivity contribution in [2.45, 2.75) is 37.5 Å². The number of quaternary nitrogens is 1. The SMILES string of the molecule is Cc1c(-c2ccnn2-c2ccc(C#N)cc2)n(C(=O)N[C@@H](C)c2nc(C[N+](C)(C)C)no2)c(=O)n1-c1cccc(C(F)(F)F)c1.O=S(=O)([O-])c1ccccc1. The Morgan fingerprint density at radius 2 is 1.69 bits per heavy atom. The van der Waals surface area contributed by atoms with Crippen molar-refractivity contribution in [3.05, 3.63) is 130 Å². The molecule has 1 N–H and O–H groups in total. The minimum atomic E-state index is -4.66. The van der Waals surface area contributed by atoms with Gasteiger partial charge in [-0.05, 0) is 74.5 Å². The van der Waals surface area contributed by atoms with Gasteiger partial charge in [-0.3, -0.25) is 4.57 Å². The highest BCUT2D eigenvalue weighted by Crippen LogP contribution is 2.32. The van der Waals surface area contributed by atoms with E-state index in [4.69, 9.17) is 4.52 Å². The van der Waals surface area contributed by atoms with Crippen LogP contribution in [0.25, 0.3) is 22.8 Å². The second-order valence-electron chi connectivity index (χ2n) is 13.2. The first-order valence-corrected chi connectivity index (χ1v) is 17.7. The molecule has 6 aromatic rings. The number of hydrogen-bond donors (Lipinski definition) is 1. The van der Waals surface area contributed by atoms with Gasteiger partial charge < -0.3 is 18.9 Å². The van der Waals surface area contributed by atoms with Gasteiger partial charge in [0.05, 0.1) is 72.2 Å². The number of hydrogen-bond acceptors (Lipinski definition) is 10. The maximum atomic E-state index is 14.0. The molecule has 1 amide bonds. The average molecular weight is 778 g/mol. The summed E-state index contributed by atoms with van der Waals surface area (Å²) >= 11 is 0. The number of aromatic nitrogens is 6. The summed E-state index contributed by atoms with van der Waals surface area (Å²) in [5.74, 6) is 0.535. The number of nitrogens with zero attached hydrogens (tertiary/aromatic N) is 8. The van der Waals surface area contributed by atoms with Gasteiger partial charge in [-0.2, -0.15) is 28.5 Å². The molecule has 286 valence electrons. The third-order valence-corrected chi connectivity index (χ3v) is 8.74. The molecule has 0 unspecified atom stereocenters. The molecule has 0 saturated heterocycles. The van der Waals surface area contributed by atoms with Crippen molar-refractivity contribution in [3.8, 4) is 28.8 Å². The number of nitrogens with one attached hydrogen (secondary N) is 1. The summed E-state index contributed by atoms with van der Waals surface area (Å²) in [4.78, 5) is 32.0. The van der Waals surface area contributed by atoms with E-state index in [9.17, 15) is 41.0 Å². The van der Waals surface area contributed by atoms with Crippen molar-refractivity contribution in [3.63, 3.8) is 0 Å². The monoisotopic (exact) mass is 777 g/mol. The topological polar surface area (TPSA) is 194 Å². The number of carbonyl (C=O) groups excluding carboxylic acids is 1. The predicted octanol–water partition coefficient (Wildman–Crippen LogP) is 5.19. The zero-order valence-electron chi connectivity index (χ0n) is 30.0. The van der Waals surface area contributed by atoms with Gasteiger partial charge in [-0.25, -0.2) is 27.3 Å². The minimum Gasteiger partial charge on any atom is -0.744 e. The van der Waals surface area contributed by atoms with Gasteiger partial charge in [-0.1, -0.05) is 29.4 Å². The lowest BCUT2D eigenvalue weighted by Gasteiger charge is -2.21. The standard InChI is InChI=1S/C30H28F3N9O3.C6H6O3S/c1-18(27-37-25(38-45-27)17-42(3,4)5)36-28(43)40-26(24-13-14-35-41(24)22-11-9-20(16-34)10-12-22)19(2)39(29(40)44)23-8-6-7-21(15-23)30(31,32)33;7-10(8,9)6-4-2-1-3-5-6/h6-15,18H,17H2,1-5H3;1-5H,(H,7,8,9)/t18-;/m0./s1. The lowest BCUT2D eigenvalue weighted by molar-refractivity contribution is -0.884. The Hall–Kier alpha value is -6.36. The molecule has 0 saturated carbocycles. The third-order valence-electron chi connectivity index (χ3n) is 7.89. The van der Waals surface area contributed by atoms with E-state index in [2.05, 4.69) is 20.6 Å². The van der Waals surface area contributed by atoms with Crippen molar-refractivity contribution in [1.82, 2.24) is 34.4 Å². The summed E-state index contributed by atoms with van der Waals surface area (Å²) in [5, 5.41) is 20.2. The number of rotatable bonds is 8. The molecular formula is C36H34F3N9O6S. The summed E-state index contributed by atoms with van der Waals surface area (Å²) in [6.45, 7) is 3.59. The Morgan fingerprint density at radius 1 is 1.02 bits per heavy atom. The van der Waals surface area contributed by atoms with E-state index in [1.165, 1.54) is 54.2 Å². The molecule has 0 radical (unpaired) electrons. The van der Waals surface area contributed by atoms with Crippen LogP contribution in [0.3, 0.4) is 0 Å². The number of imidazole rings is 1. The largest absolute Gasteiger partial charge is 0.744 e. The third kappa shape index (κ3) is 9.24. The fourth-order valence-corrected chi connectivity index (χ4v) is 5.91. The number of amides is 1. The van der Waals surface area contributed by atoms with Gasteiger partial charge in [0.25, 0.3) is 0 Å². The van der Waals surface area contributed by atoms with Crippen LogP contribution >= 0.6 is 0 Å². The molecule has 0 aliphatic heterocycles. The summed E-state index contributed by atoms with van der Waals surface area (Å²) in [6.07, 6.45) is -3.20. The van der Waals surface area contributed by atoms with Crippen LogP contribution < -0.4 is 11.0 Å². The van der Waals surface area contributed by atoms with Crippen LogP contribution in [-0.4, -0.2) is 73.7 Å². The van der Waals surface area contributed by atoms with Gasteiger partial charge in [-0.15, -0.1) is 0 Å². The molecule has 6 rings (SSSR count). The molecule has 0 fully saturated rings. The Bertz CT molecular complexity index is 2530. The summed E-state index contributed by atoms with van der Waals surface area (Å²) in [5.41, 5.74) is -0.456. The summed E-state index contributed by atoms with van der Waals surface area (Å²) in [7, 11) is 1.61. The quantitative estimate of drug-likeness (QED) is 0.159. The number of carbonyl (C=O) groups is 1. The molecule has 3 aromatic heterocycles. The number of benzene rings is 3. The van der Waals surface area contributed by atoms with Crippen LogP contribution in [0.4, 0.5) is 18.0 Å². The van der Waals surface area contributed by atoms with Crippen molar-refractivity contribution in [1.29, 1.82) is 5.26 Å². The fourth-order valence-electron chi connectivity index (χ4n) is 5.42. The minimum absolute atomic E-state index is 0.0835. The Morgan fingerprint density at radius 3 is 2.27 bits per heavy atom. The van der Waals surface area contributed by atoms with E-state index in [0.29, 0.717) is 33.8 Å². The van der Waals surface area contributed by atoms with Crippen LogP contribution in [0.15, 0.2) is 105 Å². The molecule has 0 spiro atoms. The van der Waals surface area contributed by atoms with Crippen LogP contribution in [0, 0.1) is 18.3 Å². The first kappa shape index (κ1) is 39.8. The zero-order chi connectivity index (χ0) is 40.3. The van der Waals surface area contributed by atoms with E-state index in [-0.39, 0.29) is 27.9 Å². The van der Waals surface area contributed by atoms with Crippen LogP contribution in [-0.2, 0) is 22.8 Å². The highest BCUT2D eigenvalue weighted by atomic mass is 32.2. The first-order valence-electron chi connectivity index (χ1n) is 16.3.